The molecule has 1 aromatic rings. The van der Waals surface area contributed by atoms with E-state index in [1.807, 2.05) is 13.0 Å². The molecule has 0 heterocycles. The number of hydrogen-bond acceptors (Lipinski definition) is 3. The molecule has 0 amide bonds. The Morgan fingerprint density at radius 3 is 2.45 bits per heavy atom. The maximum Gasteiger partial charge on any atom is 0.330 e. The summed E-state index contributed by atoms with van der Waals surface area (Å²) in [6.45, 7) is 16.4. The van der Waals surface area contributed by atoms with Gasteiger partial charge < -0.3 is 9.47 Å². The number of benzene rings is 1. The van der Waals surface area contributed by atoms with E-state index in [0.29, 0.717) is 46.6 Å². The fraction of sp³-hybridized carbons (Fsp3) is 0.464. The number of esters is 1. The Morgan fingerprint density at radius 2 is 1.88 bits per heavy atom. The Labute approximate surface area is 203 Å². The van der Waals surface area contributed by atoms with Crippen molar-refractivity contribution in [2.75, 3.05) is 13.2 Å². The van der Waals surface area contributed by atoms with Gasteiger partial charge >= 0.3 is 5.97 Å². The van der Waals surface area contributed by atoms with E-state index in [-0.39, 0.29) is 5.41 Å². The van der Waals surface area contributed by atoms with E-state index in [4.69, 9.17) is 21.1 Å². The van der Waals surface area contributed by atoms with Crippen LogP contribution in [-0.2, 0) is 14.9 Å². The molecule has 0 atom stereocenters. The Morgan fingerprint density at radius 1 is 1.21 bits per heavy atom. The van der Waals surface area contributed by atoms with Gasteiger partial charge in [-0.15, -0.1) is 0 Å². The molecule has 0 unspecified atom stereocenters. The van der Waals surface area contributed by atoms with Crippen molar-refractivity contribution in [1.82, 2.24) is 0 Å². The molecule has 0 N–H and O–H groups in total. The predicted octanol–water partition coefficient (Wildman–Crippen LogP) is 8.23. The smallest absolute Gasteiger partial charge is 0.330 e. The molecule has 1 aromatic carbocycles. The van der Waals surface area contributed by atoms with E-state index in [9.17, 15) is 4.79 Å². The van der Waals surface area contributed by atoms with E-state index < -0.39 is 11.8 Å². The SMILES string of the molecule is CCOC(=O)C=C(C)C=CC(F)=C(C)c1cc2c(c(Cl)c1OCC)C(C)(C)CC=C2C(C)C. The van der Waals surface area contributed by atoms with Gasteiger partial charge in [0.2, 0.25) is 0 Å². The monoisotopic (exact) mass is 474 g/mol. The van der Waals surface area contributed by atoms with Gasteiger partial charge in [0.25, 0.3) is 0 Å². The molecule has 3 nitrogen and oxygen atoms in total. The van der Waals surface area contributed by atoms with Crippen LogP contribution in [0.1, 0.15) is 78.5 Å². The molecule has 5 heteroatoms. The normalized spacial score (nSPS) is 16.5. The highest BCUT2D eigenvalue weighted by Gasteiger charge is 2.34. The van der Waals surface area contributed by atoms with E-state index in [0.717, 1.165) is 17.5 Å². The largest absolute Gasteiger partial charge is 0.492 e. The van der Waals surface area contributed by atoms with Crippen LogP contribution in [0.25, 0.3) is 11.1 Å². The van der Waals surface area contributed by atoms with Gasteiger partial charge in [0.1, 0.15) is 11.6 Å². The number of carbonyl (C=O) groups is 1. The summed E-state index contributed by atoms with van der Waals surface area (Å²) in [5, 5.41) is 0.551. The van der Waals surface area contributed by atoms with E-state index in [1.54, 1.807) is 26.8 Å². The third kappa shape index (κ3) is 6.17. The number of ether oxygens (including phenoxy) is 2. The van der Waals surface area contributed by atoms with E-state index in [2.05, 4.69) is 33.8 Å². The molecule has 0 radical (unpaired) electrons. The van der Waals surface area contributed by atoms with Crippen LogP contribution in [-0.4, -0.2) is 19.2 Å². The molecule has 0 saturated heterocycles. The molecule has 180 valence electrons. The van der Waals surface area contributed by atoms with Crippen molar-refractivity contribution in [3.63, 3.8) is 0 Å². The zero-order valence-corrected chi connectivity index (χ0v) is 21.8. The summed E-state index contributed by atoms with van der Waals surface area (Å²) in [6.07, 6.45) is 7.40. The van der Waals surface area contributed by atoms with Gasteiger partial charge in [0.05, 0.1) is 18.2 Å². The quantitative estimate of drug-likeness (QED) is 0.216. The zero-order valence-electron chi connectivity index (χ0n) is 21.1. The van der Waals surface area contributed by atoms with Gasteiger partial charge in [-0.1, -0.05) is 51.4 Å². The predicted molar refractivity (Wildman–Crippen MR) is 136 cm³/mol. The third-order valence-corrected chi connectivity index (χ3v) is 6.20. The fourth-order valence-electron chi connectivity index (χ4n) is 4.09. The number of allylic oxidation sites excluding steroid dienone is 7. The standard InChI is InChI=1S/C28H36ClFO3/c1-9-32-24(31)15-18(5)11-12-23(30)19(6)21-16-22-20(17(3)4)13-14-28(7,8)25(22)26(29)27(21)33-10-2/h11-13,15-17H,9-10,14H2,1-8H3. The van der Waals surface area contributed by atoms with Gasteiger partial charge in [-0.3, -0.25) is 0 Å². The van der Waals surface area contributed by atoms with Gasteiger partial charge in [0, 0.05) is 11.6 Å². The Bertz CT molecular complexity index is 1030. The van der Waals surface area contributed by atoms with Crippen molar-refractivity contribution < 1.29 is 18.7 Å². The first-order chi connectivity index (χ1) is 15.4. The van der Waals surface area contributed by atoms with Crippen LogP contribution in [0.3, 0.4) is 0 Å². The number of carbonyl (C=O) groups excluding carboxylic acids is 1. The fourth-order valence-corrected chi connectivity index (χ4v) is 4.60. The lowest BCUT2D eigenvalue weighted by Crippen LogP contribution is -2.24. The number of halogens is 2. The molecule has 33 heavy (non-hydrogen) atoms. The van der Waals surface area contributed by atoms with Crippen molar-refractivity contribution >= 4 is 28.7 Å². The van der Waals surface area contributed by atoms with Gasteiger partial charge in [0.15, 0.2) is 0 Å². The van der Waals surface area contributed by atoms with Crippen LogP contribution in [0.15, 0.2) is 41.8 Å². The van der Waals surface area contributed by atoms with Crippen molar-refractivity contribution in [3.05, 3.63) is 63.5 Å². The first kappa shape index (κ1) is 26.9. The van der Waals surface area contributed by atoms with E-state index >= 15 is 4.39 Å². The number of hydrogen-bond donors (Lipinski definition) is 0. The molecule has 0 aromatic heterocycles. The molecule has 0 aliphatic heterocycles. The first-order valence-corrected chi connectivity index (χ1v) is 11.9. The Kier molecular flexibility index (Phi) is 9.13. The molecule has 0 saturated carbocycles. The van der Waals surface area contributed by atoms with Crippen LogP contribution >= 0.6 is 11.6 Å². The van der Waals surface area contributed by atoms with Crippen LogP contribution in [0.2, 0.25) is 5.02 Å². The number of rotatable bonds is 8. The average molecular weight is 475 g/mol. The molecule has 0 spiro atoms. The summed E-state index contributed by atoms with van der Waals surface area (Å²) >= 11 is 6.95. The highest BCUT2D eigenvalue weighted by Crippen LogP contribution is 2.50. The third-order valence-electron chi connectivity index (χ3n) is 5.84. The number of fused-ring (bicyclic) bond motifs is 1. The van der Waals surface area contributed by atoms with Crippen molar-refractivity contribution in [1.29, 1.82) is 0 Å². The van der Waals surface area contributed by atoms with Crippen LogP contribution in [0, 0.1) is 5.92 Å². The van der Waals surface area contributed by atoms with Gasteiger partial charge in [-0.05, 0) is 85.4 Å². The minimum Gasteiger partial charge on any atom is -0.492 e. The second-order valence-electron chi connectivity index (χ2n) is 9.27. The summed E-state index contributed by atoms with van der Waals surface area (Å²) in [4.78, 5) is 11.6. The Balaban J connectivity index is 2.65. The highest BCUT2D eigenvalue weighted by atomic mass is 35.5. The summed E-state index contributed by atoms with van der Waals surface area (Å²) in [7, 11) is 0. The minimum atomic E-state index is -0.448. The zero-order chi connectivity index (χ0) is 24.9. The topological polar surface area (TPSA) is 35.5 Å². The summed E-state index contributed by atoms with van der Waals surface area (Å²) in [6, 6.07) is 2.02. The minimum absolute atomic E-state index is 0.153. The lowest BCUT2D eigenvalue weighted by atomic mass is 9.70. The lowest BCUT2D eigenvalue weighted by molar-refractivity contribution is -0.137. The maximum absolute atomic E-state index is 15.3. The molecule has 0 bridgehead atoms. The second-order valence-corrected chi connectivity index (χ2v) is 9.65. The first-order valence-electron chi connectivity index (χ1n) is 11.5. The Hall–Kier alpha value is -2.33. The molecular formula is C28H36ClFO3. The molecule has 2 rings (SSSR count). The molecule has 1 aliphatic carbocycles. The van der Waals surface area contributed by atoms with Crippen LogP contribution in [0.4, 0.5) is 4.39 Å². The summed E-state index contributed by atoms with van der Waals surface area (Å²) < 4.78 is 26.1. The van der Waals surface area contributed by atoms with Crippen LogP contribution in [0.5, 0.6) is 5.75 Å². The van der Waals surface area contributed by atoms with Crippen LogP contribution < -0.4 is 4.74 Å². The van der Waals surface area contributed by atoms with E-state index in [1.165, 1.54) is 17.7 Å². The van der Waals surface area contributed by atoms with Crippen molar-refractivity contribution in [2.45, 2.75) is 67.2 Å². The summed E-state index contributed by atoms with van der Waals surface area (Å²) in [5.41, 5.74) is 4.83. The lowest BCUT2D eigenvalue weighted by Gasteiger charge is -2.35. The van der Waals surface area contributed by atoms with Crippen molar-refractivity contribution in [3.8, 4) is 5.75 Å². The molecular weight excluding hydrogens is 439 g/mol. The molecule has 0 fully saturated rings. The van der Waals surface area contributed by atoms with Gasteiger partial charge in [-0.25, -0.2) is 9.18 Å². The highest BCUT2D eigenvalue weighted by molar-refractivity contribution is 6.33. The van der Waals surface area contributed by atoms with Crippen molar-refractivity contribution in [2.24, 2.45) is 5.92 Å². The summed E-state index contributed by atoms with van der Waals surface area (Å²) in [5.74, 6) is -0.0487. The molecule has 1 aliphatic rings. The van der Waals surface area contributed by atoms with Gasteiger partial charge in [-0.2, -0.15) is 0 Å². The maximum atomic E-state index is 15.3. The average Bonchev–Trinajstić information content (AvgIpc) is 2.72. The second kappa shape index (κ2) is 11.2.